The molecule has 144 valence electrons. The van der Waals surface area contributed by atoms with Crippen LogP contribution in [-0.2, 0) is 20.9 Å². The summed E-state index contributed by atoms with van der Waals surface area (Å²) in [5, 5.41) is 13.2. The third kappa shape index (κ3) is 4.23. The molecule has 0 fully saturated rings. The number of hydrogen-bond acceptors (Lipinski definition) is 7. The summed E-state index contributed by atoms with van der Waals surface area (Å²) in [5.74, 6) is -2.01. The number of nitro groups is 1. The zero-order chi connectivity index (χ0) is 20.1. The smallest absolute Gasteiger partial charge is 0.419 e. The molecule has 3 aromatic rings. The van der Waals surface area contributed by atoms with Crippen molar-refractivity contribution < 1.29 is 23.7 Å². The van der Waals surface area contributed by atoms with Gasteiger partial charge in [0.25, 0.3) is 11.6 Å². The number of nitrogens with zero attached hydrogens (tertiary/aromatic N) is 2. The van der Waals surface area contributed by atoms with Crippen molar-refractivity contribution in [2.45, 2.75) is 13.0 Å². The van der Waals surface area contributed by atoms with Gasteiger partial charge in [-0.3, -0.25) is 24.3 Å². The minimum atomic E-state index is -0.714. The molecule has 0 aliphatic heterocycles. The molecular formula is C18H15N3O7. The van der Waals surface area contributed by atoms with Crippen LogP contribution in [0.3, 0.4) is 0 Å². The van der Waals surface area contributed by atoms with Crippen molar-refractivity contribution in [3.8, 4) is 0 Å². The largest absolute Gasteiger partial charge is 0.456 e. The molecule has 10 heteroatoms. The lowest BCUT2D eigenvalue weighted by molar-refractivity contribution is -0.383. The van der Waals surface area contributed by atoms with Gasteiger partial charge in [0.2, 0.25) is 0 Å². The van der Waals surface area contributed by atoms with Gasteiger partial charge in [0.05, 0.1) is 16.9 Å². The second-order valence-corrected chi connectivity index (χ2v) is 5.72. The lowest BCUT2D eigenvalue weighted by Crippen LogP contribution is -2.23. The second kappa shape index (κ2) is 8.16. The summed E-state index contributed by atoms with van der Waals surface area (Å²) in [6.07, 6.45) is -0.151. The molecule has 0 saturated heterocycles. The van der Waals surface area contributed by atoms with E-state index >= 15 is 0 Å². The van der Waals surface area contributed by atoms with E-state index in [1.807, 2.05) is 0 Å². The first-order valence-corrected chi connectivity index (χ1v) is 8.23. The fourth-order valence-electron chi connectivity index (χ4n) is 2.57. The van der Waals surface area contributed by atoms with Crippen LogP contribution in [0.25, 0.3) is 11.1 Å². The number of benzene rings is 2. The first kappa shape index (κ1) is 18.8. The van der Waals surface area contributed by atoms with Gasteiger partial charge in [-0.2, -0.15) is 0 Å². The van der Waals surface area contributed by atoms with Crippen LogP contribution in [0.15, 0.2) is 57.7 Å². The number of rotatable bonds is 7. The fraction of sp³-hybridized carbons (Fsp3) is 0.167. The molecule has 10 nitrogen and oxygen atoms in total. The van der Waals surface area contributed by atoms with Crippen LogP contribution in [0, 0.1) is 10.1 Å². The number of esters is 1. The first-order valence-electron chi connectivity index (χ1n) is 8.23. The van der Waals surface area contributed by atoms with Crippen molar-refractivity contribution in [2.75, 3.05) is 11.9 Å². The molecule has 0 radical (unpaired) electrons. The molecule has 0 unspecified atom stereocenters. The Morgan fingerprint density at radius 2 is 1.86 bits per heavy atom. The number of hydrogen-bond donors (Lipinski definition) is 1. The average Bonchev–Trinajstić information content (AvgIpc) is 3.00. The van der Waals surface area contributed by atoms with Crippen molar-refractivity contribution in [3.05, 3.63) is 69.2 Å². The number of aryl methyl sites for hydroxylation is 1. The molecule has 2 aromatic carbocycles. The zero-order valence-corrected chi connectivity index (χ0v) is 14.5. The summed E-state index contributed by atoms with van der Waals surface area (Å²) >= 11 is 0. The highest BCUT2D eigenvalue weighted by atomic mass is 16.6. The number of nitrogens with one attached hydrogen (secondary N) is 1. The predicted molar refractivity (Wildman–Crippen MR) is 97.8 cm³/mol. The maximum atomic E-state index is 11.9. The van der Waals surface area contributed by atoms with Crippen LogP contribution in [0.5, 0.6) is 0 Å². The van der Waals surface area contributed by atoms with Crippen molar-refractivity contribution in [3.63, 3.8) is 0 Å². The van der Waals surface area contributed by atoms with E-state index < -0.39 is 29.2 Å². The monoisotopic (exact) mass is 385 g/mol. The van der Waals surface area contributed by atoms with E-state index in [-0.39, 0.29) is 24.3 Å². The van der Waals surface area contributed by atoms with Crippen molar-refractivity contribution >= 4 is 34.4 Å². The van der Waals surface area contributed by atoms with Crippen molar-refractivity contribution in [1.82, 2.24) is 4.57 Å². The molecule has 28 heavy (non-hydrogen) atoms. The lowest BCUT2D eigenvalue weighted by atomic mass is 10.2. The number of oxazole rings is 1. The van der Waals surface area contributed by atoms with Gasteiger partial charge in [0.15, 0.2) is 12.2 Å². The number of aromatic nitrogens is 1. The van der Waals surface area contributed by atoms with Crippen LogP contribution in [0.2, 0.25) is 0 Å². The predicted octanol–water partition coefficient (Wildman–Crippen LogP) is 2.07. The number of anilines is 1. The fourth-order valence-corrected chi connectivity index (χ4v) is 2.57. The van der Waals surface area contributed by atoms with Crippen LogP contribution < -0.4 is 11.1 Å². The molecule has 0 atom stereocenters. The normalized spacial score (nSPS) is 10.6. The van der Waals surface area contributed by atoms with Gasteiger partial charge in [-0.05, 0) is 18.2 Å². The highest BCUT2D eigenvalue weighted by molar-refractivity contribution is 5.94. The van der Waals surface area contributed by atoms with Crippen LogP contribution in [0.1, 0.15) is 6.42 Å². The van der Waals surface area contributed by atoms with E-state index in [0.717, 1.165) is 0 Å². The van der Waals surface area contributed by atoms with Gasteiger partial charge in [-0.25, -0.2) is 4.79 Å². The topological polar surface area (TPSA) is 134 Å². The molecule has 1 heterocycles. The third-order valence-electron chi connectivity index (χ3n) is 3.85. The maximum absolute atomic E-state index is 11.9. The van der Waals surface area contributed by atoms with Gasteiger partial charge in [-0.15, -0.1) is 0 Å². The zero-order valence-electron chi connectivity index (χ0n) is 14.5. The number of amides is 1. The summed E-state index contributed by atoms with van der Waals surface area (Å²) in [7, 11) is 0. The Balaban J connectivity index is 1.53. The van der Waals surface area contributed by atoms with Crippen molar-refractivity contribution in [2.24, 2.45) is 0 Å². The number of para-hydroxylation sites is 4. The van der Waals surface area contributed by atoms with Gasteiger partial charge >= 0.3 is 11.7 Å². The standard InChI is InChI=1S/C18H15N3O7/c22-16(19-12-5-1-2-6-13(12)21(25)26)11-27-17(23)9-10-20-14-7-3-4-8-15(14)28-18(20)24/h1-8H,9-11H2,(H,19,22). The Morgan fingerprint density at radius 3 is 2.64 bits per heavy atom. The maximum Gasteiger partial charge on any atom is 0.419 e. The molecule has 0 aliphatic rings. The molecule has 0 spiro atoms. The quantitative estimate of drug-likeness (QED) is 0.374. The van der Waals surface area contributed by atoms with Gasteiger partial charge in [-0.1, -0.05) is 24.3 Å². The number of carbonyl (C=O) groups excluding carboxylic acids is 2. The minimum absolute atomic E-state index is 0.00460. The number of fused-ring (bicyclic) bond motifs is 1. The number of ether oxygens (including phenoxy) is 1. The van der Waals surface area contributed by atoms with Gasteiger partial charge in [0.1, 0.15) is 5.69 Å². The summed E-state index contributed by atoms with van der Waals surface area (Å²) in [5.41, 5.74) is 0.692. The summed E-state index contributed by atoms with van der Waals surface area (Å²) in [6, 6.07) is 12.4. The molecule has 0 saturated carbocycles. The van der Waals surface area contributed by atoms with Gasteiger partial charge < -0.3 is 14.5 Å². The highest BCUT2D eigenvalue weighted by Gasteiger charge is 2.16. The van der Waals surface area contributed by atoms with Crippen LogP contribution >= 0.6 is 0 Å². The Morgan fingerprint density at radius 1 is 1.14 bits per heavy atom. The van der Waals surface area contributed by atoms with Crippen LogP contribution in [0.4, 0.5) is 11.4 Å². The first-order chi connectivity index (χ1) is 13.5. The SMILES string of the molecule is O=C(COC(=O)CCn1c(=O)oc2ccccc21)Nc1ccccc1[N+](=O)[O-]. The van der Waals surface area contributed by atoms with E-state index in [1.165, 1.54) is 28.8 Å². The van der Waals surface area contributed by atoms with Gasteiger partial charge in [0, 0.05) is 12.6 Å². The Labute approximate surface area is 157 Å². The van der Waals surface area contributed by atoms with Crippen molar-refractivity contribution in [1.29, 1.82) is 0 Å². The molecular weight excluding hydrogens is 370 g/mol. The second-order valence-electron chi connectivity index (χ2n) is 5.72. The summed E-state index contributed by atoms with van der Waals surface area (Å²) < 4.78 is 11.2. The van der Waals surface area contributed by atoms with E-state index in [4.69, 9.17) is 9.15 Å². The van der Waals surface area contributed by atoms with E-state index in [2.05, 4.69) is 5.32 Å². The third-order valence-corrected chi connectivity index (χ3v) is 3.85. The Hall–Kier alpha value is -3.95. The molecule has 0 bridgehead atoms. The van der Waals surface area contributed by atoms with E-state index in [0.29, 0.717) is 11.1 Å². The molecule has 1 N–H and O–H groups in total. The van der Waals surface area contributed by atoms with E-state index in [9.17, 15) is 24.5 Å². The summed E-state index contributed by atoms with van der Waals surface area (Å²) in [6.45, 7) is -0.577. The number of carbonyl (C=O) groups is 2. The Bertz CT molecular complexity index is 1100. The van der Waals surface area contributed by atoms with E-state index in [1.54, 1.807) is 24.3 Å². The minimum Gasteiger partial charge on any atom is -0.456 e. The molecule has 0 aliphatic carbocycles. The Kier molecular flexibility index (Phi) is 5.49. The highest BCUT2D eigenvalue weighted by Crippen LogP contribution is 2.22. The average molecular weight is 385 g/mol. The lowest BCUT2D eigenvalue weighted by Gasteiger charge is -2.07. The van der Waals surface area contributed by atoms with Crippen LogP contribution in [-0.4, -0.2) is 28.0 Å². The molecule has 3 rings (SSSR count). The molecule has 1 aromatic heterocycles. The number of nitro benzene ring substituents is 1. The summed E-state index contributed by atoms with van der Waals surface area (Å²) in [4.78, 5) is 45.9. The molecule has 1 amide bonds.